The normalized spacial score (nSPS) is 20.6. The van der Waals surface area contributed by atoms with Gasteiger partial charge in [-0.1, -0.05) is 6.92 Å². The molecular formula is C16H21F2NO. The van der Waals surface area contributed by atoms with Crippen LogP contribution in [-0.4, -0.2) is 30.3 Å². The smallest absolute Gasteiger partial charge is 0.164 e. The molecule has 0 radical (unpaired) electrons. The summed E-state index contributed by atoms with van der Waals surface area (Å²) >= 11 is 0. The van der Waals surface area contributed by atoms with Crippen LogP contribution >= 0.6 is 0 Å². The van der Waals surface area contributed by atoms with Gasteiger partial charge in [0.05, 0.1) is 0 Å². The third-order valence-electron chi connectivity index (χ3n) is 3.95. The van der Waals surface area contributed by atoms with Crippen molar-refractivity contribution in [3.8, 4) is 0 Å². The van der Waals surface area contributed by atoms with Gasteiger partial charge in [-0.05, 0) is 50.4 Å². The van der Waals surface area contributed by atoms with Crippen molar-refractivity contribution in [1.82, 2.24) is 4.90 Å². The van der Waals surface area contributed by atoms with Crippen LogP contribution in [0, 0.1) is 17.6 Å². The molecule has 1 heterocycles. The molecule has 0 spiro atoms. The van der Waals surface area contributed by atoms with E-state index in [-0.39, 0.29) is 11.3 Å². The second-order valence-electron chi connectivity index (χ2n) is 5.71. The van der Waals surface area contributed by atoms with Crippen LogP contribution in [0.15, 0.2) is 18.2 Å². The van der Waals surface area contributed by atoms with E-state index >= 15 is 0 Å². The number of hydrogen-bond donors (Lipinski definition) is 0. The Bertz CT molecular complexity index is 455. The Morgan fingerprint density at radius 2 is 1.90 bits per heavy atom. The molecule has 2 rings (SSSR count). The topological polar surface area (TPSA) is 20.3 Å². The first kappa shape index (κ1) is 15.1. The predicted octanol–water partition coefficient (Wildman–Crippen LogP) is 3.66. The van der Waals surface area contributed by atoms with Gasteiger partial charge in [0, 0.05) is 24.6 Å². The maximum atomic E-state index is 13.1. The second-order valence-corrected chi connectivity index (χ2v) is 5.71. The van der Waals surface area contributed by atoms with Crippen molar-refractivity contribution < 1.29 is 13.6 Å². The van der Waals surface area contributed by atoms with E-state index in [1.165, 1.54) is 6.42 Å². The third-order valence-corrected chi connectivity index (χ3v) is 3.95. The molecule has 1 saturated heterocycles. The largest absolute Gasteiger partial charge is 0.303 e. The maximum Gasteiger partial charge on any atom is 0.164 e. The minimum atomic E-state index is -0.697. The fraction of sp³-hybridized carbons (Fsp3) is 0.562. The highest BCUT2D eigenvalue weighted by molar-refractivity contribution is 5.96. The lowest BCUT2D eigenvalue weighted by molar-refractivity contribution is 0.0963. The van der Waals surface area contributed by atoms with Gasteiger partial charge in [0.1, 0.15) is 11.6 Å². The summed E-state index contributed by atoms with van der Waals surface area (Å²) in [6, 6.07) is 3.00. The molecule has 1 atom stereocenters. The number of ketones is 1. The summed E-state index contributed by atoms with van der Waals surface area (Å²) in [6.45, 7) is 4.94. The van der Waals surface area contributed by atoms with Gasteiger partial charge in [0.15, 0.2) is 5.78 Å². The number of nitrogens with zero attached hydrogens (tertiary/aromatic N) is 1. The molecule has 1 fully saturated rings. The van der Waals surface area contributed by atoms with Crippen molar-refractivity contribution in [2.45, 2.75) is 32.6 Å². The molecule has 0 amide bonds. The summed E-state index contributed by atoms with van der Waals surface area (Å²) in [5.74, 6) is -0.845. The maximum absolute atomic E-state index is 13.1. The molecule has 110 valence electrons. The zero-order valence-corrected chi connectivity index (χ0v) is 11.9. The molecule has 0 bridgehead atoms. The van der Waals surface area contributed by atoms with E-state index in [9.17, 15) is 13.6 Å². The zero-order chi connectivity index (χ0) is 14.5. The van der Waals surface area contributed by atoms with Gasteiger partial charge in [-0.15, -0.1) is 0 Å². The van der Waals surface area contributed by atoms with E-state index in [1.807, 2.05) is 0 Å². The van der Waals surface area contributed by atoms with Crippen LogP contribution in [0.25, 0.3) is 0 Å². The van der Waals surface area contributed by atoms with Crippen molar-refractivity contribution in [2.24, 2.45) is 5.92 Å². The Labute approximate surface area is 118 Å². The van der Waals surface area contributed by atoms with Gasteiger partial charge >= 0.3 is 0 Å². The summed E-state index contributed by atoms with van der Waals surface area (Å²) < 4.78 is 26.2. The summed E-state index contributed by atoms with van der Waals surface area (Å²) in [5.41, 5.74) is 0.130. The first-order valence-corrected chi connectivity index (χ1v) is 7.26. The molecule has 0 N–H and O–H groups in total. The van der Waals surface area contributed by atoms with Crippen LogP contribution in [0.1, 0.15) is 43.0 Å². The number of benzene rings is 1. The average molecular weight is 281 g/mol. The summed E-state index contributed by atoms with van der Waals surface area (Å²) in [5, 5.41) is 0. The Morgan fingerprint density at radius 3 is 2.60 bits per heavy atom. The molecule has 1 aromatic carbocycles. The lowest BCUT2D eigenvalue weighted by Crippen LogP contribution is -2.27. The lowest BCUT2D eigenvalue weighted by Gasteiger charge is -2.19. The number of likely N-dealkylation sites (tertiary alicyclic amines) is 1. The summed E-state index contributed by atoms with van der Waals surface area (Å²) in [6.07, 6.45) is 3.86. The Kier molecular flexibility index (Phi) is 5.24. The molecule has 0 aliphatic carbocycles. The van der Waals surface area contributed by atoms with E-state index in [1.54, 1.807) is 0 Å². The monoisotopic (exact) mass is 281 g/mol. The van der Waals surface area contributed by atoms with E-state index < -0.39 is 11.6 Å². The molecule has 1 aromatic rings. The van der Waals surface area contributed by atoms with Gasteiger partial charge in [-0.2, -0.15) is 0 Å². The quantitative estimate of drug-likeness (QED) is 0.785. The second kappa shape index (κ2) is 6.93. The Morgan fingerprint density at radius 1 is 1.20 bits per heavy atom. The Balaban J connectivity index is 1.88. The fourth-order valence-corrected chi connectivity index (χ4v) is 2.66. The van der Waals surface area contributed by atoms with Crippen LogP contribution in [0.3, 0.4) is 0 Å². The van der Waals surface area contributed by atoms with Crippen LogP contribution in [-0.2, 0) is 0 Å². The average Bonchev–Trinajstić information content (AvgIpc) is 2.59. The van der Waals surface area contributed by atoms with Gasteiger partial charge in [0.25, 0.3) is 0 Å². The van der Waals surface area contributed by atoms with Gasteiger partial charge < -0.3 is 4.90 Å². The van der Waals surface area contributed by atoms with Crippen molar-refractivity contribution in [1.29, 1.82) is 0 Å². The van der Waals surface area contributed by atoms with E-state index in [2.05, 4.69) is 11.8 Å². The number of hydrogen-bond acceptors (Lipinski definition) is 2. The standard InChI is InChI=1S/C16H21F2NO/c1-12-3-2-6-19(7-4-12)8-5-16(20)13-9-14(17)11-15(18)10-13/h9-12H,2-8H2,1H3. The fourth-order valence-electron chi connectivity index (χ4n) is 2.66. The highest BCUT2D eigenvalue weighted by atomic mass is 19.1. The van der Waals surface area contributed by atoms with Crippen molar-refractivity contribution in [3.63, 3.8) is 0 Å². The SMILES string of the molecule is CC1CCCN(CCC(=O)c2cc(F)cc(F)c2)CC1. The molecule has 0 aromatic heterocycles. The molecule has 1 aliphatic rings. The molecule has 20 heavy (non-hydrogen) atoms. The van der Waals surface area contributed by atoms with Crippen LogP contribution in [0.2, 0.25) is 0 Å². The molecule has 4 heteroatoms. The minimum absolute atomic E-state index is 0.130. The van der Waals surface area contributed by atoms with Gasteiger partial charge in [-0.3, -0.25) is 4.79 Å². The molecule has 0 saturated carbocycles. The molecule has 1 unspecified atom stereocenters. The number of carbonyl (C=O) groups is 1. The van der Waals surface area contributed by atoms with Crippen LogP contribution < -0.4 is 0 Å². The molecule has 2 nitrogen and oxygen atoms in total. The summed E-state index contributed by atoms with van der Waals surface area (Å²) in [7, 11) is 0. The third kappa shape index (κ3) is 4.37. The summed E-state index contributed by atoms with van der Waals surface area (Å²) in [4.78, 5) is 14.3. The number of Topliss-reactive ketones (excluding diaryl/α,β-unsaturated/α-hetero) is 1. The van der Waals surface area contributed by atoms with E-state index in [0.29, 0.717) is 13.0 Å². The first-order valence-electron chi connectivity index (χ1n) is 7.26. The van der Waals surface area contributed by atoms with Crippen LogP contribution in [0.4, 0.5) is 8.78 Å². The highest BCUT2D eigenvalue weighted by Crippen LogP contribution is 2.17. The van der Waals surface area contributed by atoms with E-state index in [0.717, 1.165) is 50.0 Å². The van der Waals surface area contributed by atoms with Crippen molar-refractivity contribution in [2.75, 3.05) is 19.6 Å². The predicted molar refractivity (Wildman–Crippen MR) is 74.8 cm³/mol. The van der Waals surface area contributed by atoms with Crippen molar-refractivity contribution in [3.05, 3.63) is 35.4 Å². The van der Waals surface area contributed by atoms with Gasteiger partial charge in [-0.25, -0.2) is 8.78 Å². The Hall–Kier alpha value is -1.29. The first-order chi connectivity index (χ1) is 9.54. The molecular weight excluding hydrogens is 260 g/mol. The number of halogens is 2. The number of carbonyl (C=O) groups excluding carboxylic acids is 1. The lowest BCUT2D eigenvalue weighted by atomic mass is 10.0. The zero-order valence-electron chi connectivity index (χ0n) is 11.9. The van der Waals surface area contributed by atoms with Crippen LogP contribution in [0.5, 0.6) is 0 Å². The number of rotatable bonds is 4. The van der Waals surface area contributed by atoms with E-state index in [4.69, 9.17) is 0 Å². The molecule has 1 aliphatic heterocycles. The van der Waals surface area contributed by atoms with Gasteiger partial charge in [0.2, 0.25) is 0 Å². The van der Waals surface area contributed by atoms with Crippen molar-refractivity contribution >= 4 is 5.78 Å². The highest BCUT2D eigenvalue weighted by Gasteiger charge is 2.15. The minimum Gasteiger partial charge on any atom is -0.303 e.